The van der Waals surface area contributed by atoms with Gasteiger partial charge in [-0.3, -0.25) is 0 Å². The van der Waals surface area contributed by atoms with Crippen LogP contribution in [0.5, 0.6) is 0 Å². The SMILES string of the molecule is c1ccc(N2c3cc4c(cc3B3c5ccc(N6CCCc7ccccc76)c6c5N(CCC6)c5cccc2c53)B2c3ccc(N5CCCc6ccccc65)c5c3N(CCC5)c3cccc(c32)S4)cc1. The molecule has 8 aliphatic heterocycles. The highest BCUT2D eigenvalue weighted by Gasteiger charge is 2.48. The van der Waals surface area contributed by atoms with E-state index in [0.29, 0.717) is 0 Å². The summed E-state index contributed by atoms with van der Waals surface area (Å²) < 4.78 is 0. The second-order valence-corrected chi connectivity index (χ2v) is 21.4. The quantitative estimate of drug-likeness (QED) is 0.163. The first kappa shape index (κ1) is 38.2. The molecule has 0 N–H and O–H groups in total. The molecular weight excluding hydrogens is 844 g/mol. The van der Waals surface area contributed by atoms with Gasteiger partial charge in [-0.25, -0.2) is 0 Å². The summed E-state index contributed by atoms with van der Waals surface area (Å²) >= 11 is 1.99. The molecule has 0 unspecified atom stereocenters. The minimum Gasteiger partial charge on any atom is -0.342 e. The lowest BCUT2D eigenvalue weighted by Gasteiger charge is -2.48. The smallest absolute Gasteiger partial charge is 0.252 e. The maximum Gasteiger partial charge on any atom is 0.252 e. The Kier molecular flexibility index (Phi) is 8.09. The average molecular weight is 894 g/mol. The van der Waals surface area contributed by atoms with Crippen molar-refractivity contribution in [2.45, 2.75) is 61.2 Å². The highest BCUT2D eigenvalue weighted by atomic mass is 32.2. The maximum atomic E-state index is 2.72. The van der Waals surface area contributed by atoms with E-state index in [4.69, 9.17) is 0 Å². The van der Waals surface area contributed by atoms with E-state index in [-0.39, 0.29) is 13.4 Å². The van der Waals surface area contributed by atoms with Crippen molar-refractivity contribution in [3.05, 3.63) is 174 Å². The summed E-state index contributed by atoms with van der Waals surface area (Å²) in [6.45, 7) is 4.46. The molecule has 8 aliphatic rings. The van der Waals surface area contributed by atoms with Gasteiger partial charge in [0, 0.05) is 98.5 Å². The summed E-state index contributed by atoms with van der Waals surface area (Å²) in [6.07, 6.45) is 9.18. The minimum atomic E-state index is 0.101. The highest BCUT2D eigenvalue weighted by molar-refractivity contribution is 8.00. The third-order valence-electron chi connectivity index (χ3n) is 16.9. The Morgan fingerprint density at radius 3 is 1.54 bits per heavy atom. The van der Waals surface area contributed by atoms with Gasteiger partial charge in [0.1, 0.15) is 0 Å². The van der Waals surface area contributed by atoms with Crippen molar-refractivity contribution >= 4 is 121 Å². The molecule has 0 saturated carbocycles. The molecule has 8 aromatic rings. The monoisotopic (exact) mass is 893 g/mol. The number of anilines is 11. The van der Waals surface area contributed by atoms with Crippen molar-refractivity contribution in [1.29, 1.82) is 0 Å². The summed E-state index contributed by atoms with van der Waals surface area (Å²) in [6, 6.07) is 59.2. The number of para-hydroxylation sites is 3. The van der Waals surface area contributed by atoms with Crippen LogP contribution in [0.2, 0.25) is 0 Å². The lowest BCUT2D eigenvalue weighted by molar-refractivity contribution is 0.742. The standard InChI is InChI=1S/C60H49B2N5S/c1-2-18-40(19-3-1)67-53-26-8-24-51-57(53)61(43-28-30-49(41-20-12-34-65(51)59(41)43)63-32-10-16-38-14-4-6-22-47(38)63)45-36-46-56(37-54(45)67)68-55-27-9-25-52-58(55)62(46)44-29-31-50(42-21-13-35-66(52)60(42)44)64-33-11-17-39-15-5-7-23-48(39)64/h1-9,14-15,18-19,22-31,36-37H,10-13,16-17,20-21,32-35H2. The number of aryl methyl sites for hydroxylation is 2. The van der Waals surface area contributed by atoms with Crippen LogP contribution in [-0.4, -0.2) is 39.6 Å². The van der Waals surface area contributed by atoms with E-state index in [1.807, 2.05) is 11.8 Å². The fraction of sp³-hybridized carbons (Fsp3) is 0.200. The van der Waals surface area contributed by atoms with Gasteiger partial charge in [-0.1, -0.05) is 102 Å². The van der Waals surface area contributed by atoms with E-state index in [2.05, 4.69) is 176 Å². The van der Waals surface area contributed by atoms with Crippen LogP contribution in [0.3, 0.4) is 0 Å². The zero-order chi connectivity index (χ0) is 44.2. The molecule has 0 radical (unpaired) electrons. The van der Waals surface area contributed by atoms with E-state index in [0.717, 1.165) is 64.7 Å². The van der Waals surface area contributed by atoms with E-state index >= 15 is 0 Å². The third-order valence-corrected chi connectivity index (χ3v) is 18.1. The molecule has 0 bridgehead atoms. The second kappa shape index (κ2) is 14.4. The maximum absolute atomic E-state index is 2.72. The van der Waals surface area contributed by atoms with Gasteiger partial charge in [-0.2, -0.15) is 0 Å². The Labute approximate surface area is 404 Å². The van der Waals surface area contributed by atoms with Crippen LogP contribution in [0.25, 0.3) is 0 Å². The van der Waals surface area contributed by atoms with Crippen LogP contribution >= 0.6 is 11.8 Å². The molecule has 326 valence electrons. The number of nitrogens with zero attached hydrogens (tertiary/aromatic N) is 5. The van der Waals surface area contributed by atoms with E-state index in [9.17, 15) is 0 Å². The normalized spacial score (nSPS) is 17.3. The summed E-state index contributed by atoms with van der Waals surface area (Å²) in [5, 5.41) is 0. The molecule has 68 heavy (non-hydrogen) atoms. The first-order valence-electron chi connectivity index (χ1n) is 25.3. The molecule has 0 saturated heterocycles. The van der Waals surface area contributed by atoms with Gasteiger partial charge >= 0.3 is 0 Å². The number of benzene rings is 8. The molecule has 0 amide bonds. The van der Waals surface area contributed by atoms with Gasteiger partial charge in [-0.05, 0) is 168 Å². The number of fused-ring (bicyclic) bond motifs is 10. The Morgan fingerprint density at radius 2 is 0.882 bits per heavy atom. The van der Waals surface area contributed by atoms with Gasteiger partial charge in [-0.15, -0.1) is 0 Å². The first-order valence-corrected chi connectivity index (χ1v) is 26.1. The number of hydrogen-bond acceptors (Lipinski definition) is 6. The van der Waals surface area contributed by atoms with Gasteiger partial charge < -0.3 is 24.5 Å². The molecule has 8 aromatic carbocycles. The van der Waals surface area contributed by atoms with Crippen LogP contribution in [0.1, 0.15) is 47.9 Å². The summed E-state index contributed by atoms with van der Waals surface area (Å²) in [7, 11) is 0. The van der Waals surface area contributed by atoms with Crippen molar-refractivity contribution in [3.63, 3.8) is 0 Å². The Hall–Kier alpha value is -6.76. The molecule has 0 atom stereocenters. The van der Waals surface area contributed by atoms with Crippen molar-refractivity contribution in [1.82, 2.24) is 0 Å². The van der Waals surface area contributed by atoms with Crippen LogP contribution in [0, 0.1) is 0 Å². The molecule has 0 aromatic heterocycles. The molecule has 8 heteroatoms. The molecule has 5 nitrogen and oxygen atoms in total. The van der Waals surface area contributed by atoms with Crippen LogP contribution < -0.4 is 57.3 Å². The molecular formula is C60H49B2N5S. The van der Waals surface area contributed by atoms with Gasteiger partial charge in [0.05, 0.1) is 0 Å². The van der Waals surface area contributed by atoms with Crippen molar-refractivity contribution in [2.24, 2.45) is 0 Å². The van der Waals surface area contributed by atoms with Gasteiger partial charge in [0.2, 0.25) is 6.71 Å². The third kappa shape index (κ3) is 5.16. The molecule has 0 fully saturated rings. The second-order valence-electron chi connectivity index (χ2n) is 20.3. The Bertz CT molecular complexity index is 3480. The lowest BCUT2D eigenvalue weighted by atomic mass is 9.30. The summed E-state index contributed by atoms with van der Waals surface area (Å²) in [4.78, 5) is 16.1. The van der Waals surface area contributed by atoms with E-state index in [1.54, 1.807) is 0 Å². The van der Waals surface area contributed by atoms with Crippen molar-refractivity contribution in [2.75, 3.05) is 50.7 Å². The zero-order valence-corrected chi connectivity index (χ0v) is 39.0. The van der Waals surface area contributed by atoms with Gasteiger partial charge in [0.25, 0.3) is 6.71 Å². The van der Waals surface area contributed by atoms with Crippen LogP contribution in [-0.2, 0) is 25.7 Å². The fourth-order valence-electron chi connectivity index (χ4n) is 14.3. The topological polar surface area (TPSA) is 16.2 Å². The minimum absolute atomic E-state index is 0.101. The molecule has 16 rings (SSSR count). The fourth-order valence-corrected chi connectivity index (χ4v) is 15.5. The average Bonchev–Trinajstić information content (AvgIpc) is 3.40. The summed E-state index contributed by atoms with van der Waals surface area (Å²) in [5.41, 5.74) is 29.9. The Balaban J connectivity index is 0.930. The van der Waals surface area contributed by atoms with Crippen molar-refractivity contribution < 1.29 is 0 Å². The highest BCUT2D eigenvalue weighted by Crippen LogP contribution is 2.50. The zero-order valence-electron chi connectivity index (χ0n) is 38.2. The lowest BCUT2D eigenvalue weighted by Crippen LogP contribution is -2.65. The number of rotatable bonds is 3. The van der Waals surface area contributed by atoms with Gasteiger partial charge in [0.15, 0.2) is 0 Å². The largest absolute Gasteiger partial charge is 0.342 e. The van der Waals surface area contributed by atoms with Crippen molar-refractivity contribution in [3.8, 4) is 0 Å². The predicted molar refractivity (Wildman–Crippen MR) is 288 cm³/mol. The summed E-state index contributed by atoms with van der Waals surface area (Å²) in [5.74, 6) is 0. The van der Waals surface area contributed by atoms with E-state index < -0.39 is 0 Å². The van der Waals surface area contributed by atoms with Crippen LogP contribution in [0.15, 0.2) is 161 Å². The van der Waals surface area contributed by atoms with Crippen LogP contribution in [0.4, 0.5) is 62.6 Å². The molecule has 0 aliphatic carbocycles. The number of hydrogen-bond donors (Lipinski definition) is 0. The predicted octanol–water partition coefficient (Wildman–Crippen LogP) is 9.93. The molecule has 8 heterocycles. The Morgan fingerprint density at radius 1 is 0.353 bits per heavy atom. The molecule has 0 spiro atoms. The van der Waals surface area contributed by atoms with E-state index in [1.165, 1.54) is 140 Å². The first-order chi connectivity index (χ1) is 33.8.